The van der Waals surface area contributed by atoms with E-state index in [1.807, 2.05) is 24.4 Å². The molecule has 2 aromatic rings. The Morgan fingerprint density at radius 1 is 1.50 bits per heavy atom. The third-order valence-corrected chi connectivity index (χ3v) is 3.86. The van der Waals surface area contributed by atoms with Crippen molar-refractivity contribution in [1.82, 2.24) is 9.55 Å². The number of nitrogens with zero attached hydrogens (tertiary/aromatic N) is 1. The average Bonchev–Trinajstić information content (AvgIpc) is 2.79. The summed E-state index contributed by atoms with van der Waals surface area (Å²) in [5, 5.41) is 2.01. The number of H-pyrrole nitrogens is 1. The summed E-state index contributed by atoms with van der Waals surface area (Å²) in [6.07, 6.45) is 1.63. The van der Waals surface area contributed by atoms with E-state index < -0.39 is 5.69 Å². The molecule has 0 amide bonds. The van der Waals surface area contributed by atoms with Gasteiger partial charge in [-0.25, -0.2) is 4.79 Å². The molecule has 0 radical (unpaired) electrons. The monoisotopic (exact) mass is 284 g/mol. The van der Waals surface area contributed by atoms with E-state index in [4.69, 9.17) is 11.6 Å². The molecule has 0 fully saturated rings. The number of hydrogen-bond acceptors (Lipinski definition) is 3. The normalized spacial score (nSPS) is 12.6. The van der Waals surface area contributed by atoms with E-state index in [0.717, 1.165) is 17.7 Å². The zero-order valence-electron chi connectivity index (χ0n) is 9.85. The van der Waals surface area contributed by atoms with Gasteiger partial charge in [0.05, 0.1) is 6.04 Å². The molecule has 96 valence electrons. The highest BCUT2D eigenvalue weighted by Crippen LogP contribution is 2.25. The van der Waals surface area contributed by atoms with Gasteiger partial charge in [0.25, 0.3) is 5.56 Å². The van der Waals surface area contributed by atoms with Gasteiger partial charge in [-0.2, -0.15) is 0 Å². The fourth-order valence-corrected chi connectivity index (χ4v) is 2.95. The van der Waals surface area contributed by atoms with Gasteiger partial charge in [-0.05, 0) is 17.9 Å². The lowest BCUT2D eigenvalue weighted by molar-refractivity contribution is 0.502. The van der Waals surface area contributed by atoms with Gasteiger partial charge in [0.2, 0.25) is 0 Å². The topological polar surface area (TPSA) is 54.9 Å². The second-order valence-corrected chi connectivity index (χ2v) is 5.34. The lowest BCUT2D eigenvalue weighted by atomic mass is 10.1. The predicted octanol–water partition coefficient (Wildman–Crippen LogP) is 2.64. The molecule has 0 aromatic carbocycles. The molecule has 0 spiro atoms. The van der Waals surface area contributed by atoms with Crippen LogP contribution in [0.3, 0.4) is 0 Å². The molecule has 2 aromatic heterocycles. The molecule has 4 nitrogen and oxygen atoms in total. The van der Waals surface area contributed by atoms with Crippen LogP contribution in [0.2, 0.25) is 5.15 Å². The molecule has 2 rings (SSSR count). The summed E-state index contributed by atoms with van der Waals surface area (Å²) in [6, 6.07) is 4.87. The Hall–Kier alpha value is -1.33. The number of nitrogens with one attached hydrogen (secondary N) is 1. The molecule has 1 N–H and O–H groups in total. The quantitative estimate of drug-likeness (QED) is 0.878. The first-order valence-electron chi connectivity index (χ1n) is 5.68. The summed E-state index contributed by atoms with van der Waals surface area (Å²) in [5.74, 6) is 0. The largest absolute Gasteiger partial charge is 0.330 e. The van der Waals surface area contributed by atoms with Crippen molar-refractivity contribution in [3.63, 3.8) is 0 Å². The SMILES string of the molecule is CCCC(c1cccs1)n1c(=O)cc(Cl)[nH]c1=O. The fourth-order valence-electron chi connectivity index (χ4n) is 1.92. The van der Waals surface area contributed by atoms with Crippen LogP contribution in [0.5, 0.6) is 0 Å². The van der Waals surface area contributed by atoms with E-state index in [0.29, 0.717) is 0 Å². The minimum absolute atomic E-state index is 0.0719. The van der Waals surface area contributed by atoms with Crippen LogP contribution in [0.1, 0.15) is 30.7 Å². The number of aromatic amines is 1. The Kier molecular flexibility index (Phi) is 4.04. The average molecular weight is 285 g/mol. The van der Waals surface area contributed by atoms with E-state index in [2.05, 4.69) is 4.98 Å². The number of thiophene rings is 1. The molecule has 0 bridgehead atoms. The van der Waals surface area contributed by atoms with Crippen molar-refractivity contribution in [2.45, 2.75) is 25.8 Å². The maximum Gasteiger partial charge on any atom is 0.330 e. The van der Waals surface area contributed by atoms with Crippen LogP contribution in [0.4, 0.5) is 0 Å². The molecule has 1 atom stereocenters. The Bertz CT molecular complexity index is 599. The van der Waals surface area contributed by atoms with Crippen LogP contribution < -0.4 is 11.2 Å². The molecule has 1 unspecified atom stereocenters. The first-order valence-corrected chi connectivity index (χ1v) is 6.94. The van der Waals surface area contributed by atoms with E-state index in [1.165, 1.54) is 10.6 Å². The predicted molar refractivity (Wildman–Crippen MR) is 73.7 cm³/mol. The first-order chi connectivity index (χ1) is 8.63. The smallest absolute Gasteiger partial charge is 0.298 e. The van der Waals surface area contributed by atoms with E-state index in [9.17, 15) is 9.59 Å². The molecule has 6 heteroatoms. The standard InChI is InChI=1S/C12H13ClN2O2S/c1-2-4-8(9-5-3-6-18-9)15-11(16)7-10(13)14-12(15)17/h3,5-8H,2,4H2,1H3,(H,14,17). The highest BCUT2D eigenvalue weighted by atomic mass is 35.5. The van der Waals surface area contributed by atoms with Crippen molar-refractivity contribution < 1.29 is 0 Å². The Morgan fingerprint density at radius 2 is 2.28 bits per heavy atom. The van der Waals surface area contributed by atoms with Gasteiger partial charge in [0.15, 0.2) is 0 Å². The van der Waals surface area contributed by atoms with Crippen molar-refractivity contribution in [3.05, 3.63) is 54.4 Å². The van der Waals surface area contributed by atoms with Crippen molar-refractivity contribution in [3.8, 4) is 0 Å². The first kappa shape index (κ1) is 13.1. The zero-order valence-corrected chi connectivity index (χ0v) is 11.4. The van der Waals surface area contributed by atoms with Gasteiger partial charge in [-0.1, -0.05) is 31.0 Å². The minimum Gasteiger partial charge on any atom is -0.298 e. The van der Waals surface area contributed by atoms with Crippen molar-refractivity contribution in [2.75, 3.05) is 0 Å². The lowest BCUT2D eigenvalue weighted by Gasteiger charge is -2.16. The van der Waals surface area contributed by atoms with Gasteiger partial charge < -0.3 is 0 Å². The van der Waals surface area contributed by atoms with Gasteiger partial charge in [0.1, 0.15) is 5.15 Å². The second kappa shape index (κ2) is 5.54. The van der Waals surface area contributed by atoms with Gasteiger partial charge >= 0.3 is 5.69 Å². The summed E-state index contributed by atoms with van der Waals surface area (Å²) >= 11 is 7.20. The molecule has 0 aliphatic carbocycles. The Labute approximate surface area is 113 Å². The summed E-state index contributed by atoms with van der Waals surface area (Å²) in [7, 11) is 0. The summed E-state index contributed by atoms with van der Waals surface area (Å²) in [5.41, 5.74) is -0.824. The number of rotatable bonds is 4. The second-order valence-electron chi connectivity index (χ2n) is 3.95. The fraction of sp³-hybridized carbons (Fsp3) is 0.333. The van der Waals surface area contributed by atoms with Crippen molar-refractivity contribution >= 4 is 22.9 Å². The van der Waals surface area contributed by atoms with Crippen LogP contribution in [0.15, 0.2) is 33.2 Å². The van der Waals surface area contributed by atoms with Crippen LogP contribution in [-0.2, 0) is 0 Å². The highest BCUT2D eigenvalue weighted by Gasteiger charge is 2.18. The lowest BCUT2D eigenvalue weighted by Crippen LogP contribution is -2.37. The summed E-state index contributed by atoms with van der Waals surface area (Å²) in [4.78, 5) is 27.3. The zero-order chi connectivity index (χ0) is 13.1. The van der Waals surface area contributed by atoms with E-state index >= 15 is 0 Å². The third-order valence-electron chi connectivity index (χ3n) is 2.68. The van der Waals surface area contributed by atoms with Crippen LogP contribution in [-0.4, -0.2) is 9.55 Å². The molecule has 0 aliphatic heterocycles. The molecular formula is C12H13ClN2O2S. The molecular weight excluding hydrogens is 272 g/mol. The van der Waals surface area contributed by atoms with Crippen molar-refractivity contribution in [1.29, 1.82) is 0 Å². The molecule has 0 aliphatic rings. The van der Waals surface area contributed by atoms with Gasteiger partial charge in [-0.15, -0.1) is 11.3 Å². The maximum absolute atomic E-state index is 11.9. The Balaban J connectivity index is 2.57. The molecule has 18 heavy (non-hydrogen) atoms. The van der Waals surface area contributed by atoms with Gasteiger partial charge in [-0.3, -0.25) is 14.3 Å². The maximum atomic E-state index is 11.9. The van der Waals surface area contributed by atoms with Crippen LogP contribution >= 0.6 is 22.9 Å². The minimum atomic E-state index is -0.459. The molecule has 2 heterocycles. The van der Waals surface area contributed by atoms with Crippen LogP contribution in [0, 0.1) is 0 Å². The summed E-state index contributed by atoms with van der Waals surface area (Å²) < 4.78 is 1.24. The third kappa shape index (κ3) is 2.57. The highest BCUT2D eigenvalue weighted by molar-refractivity contribution is 7.10. The number of halogens is 1. The van der Waals surface area contributed by atoms with E-state index in [1.54, 1.807) is 11.3 Å². The Morgan fingerprint density at radius 3 is 2.83 bits per heavy atom. The van der Waals surface area contributed by atoms with Crippen LogP contribution in [0.25, 0.3) is 0 Å². The summed E-state index contributed by atoms with van der Waals surface area (Å²) in [6.45, 7) is 2.02. The molecule has 0 saturated carbocycles. The number of aromatic nitrogens is 2. The van der Waals surface area contributed by atoms with Crippen molar-refractivity contribution in [2.24, 2.45) is 0 Å². The van der Waals surface area contributed by atoms with Gasteiger partial charge in [0, 0.05) is 10.9 Å². The van der Waals surface area contributed by atoms with E-state index in [-0.39, 0.29) is 16.8 Å². The molecule has 0 saturated heterocycles. The number of hydrogen-bond donors (Lipinski definition) is 1.